The molecule has 0 aromatic rings. The monoisotopic (exact) mass is 180 g/mol. The lowest BCUT2D eigenvalue weighted by Crippen LogP contribution is -2.28. The minimum Gasteiger partial charge on any atom is -0.389 e. The van der Waals surface area contributed by atoms with E-state index in [-0.39, 0.29) is 6.10 Å². The van der Waals surface area contributed by atoms with Gasteiger partial charge < -0.3 is 5.11 Å². The largest absolute Gasteiger partial charge is 0.389 e. The first kappa shape index (κ1) is 10.5. The maximum Gasteiger partial charge on any atom is 0.0756 e. The van der Waals surface area contributed by atoms with Crippen LogP contribution in [0.3, 0.4) is 0 Å². The second kappa shape index (κ2) is 3.67. The maximum atomic E-state index is 9.79. The molecule has 1 aliphatic rings. The summed E-state index contributed by atoms with van der Waals surface area (Å²) in [6.07, 6.45) is 0.595. The highest BCUT2D eigenvalue weighted by Gasteiger charge is 2.29. The molecule has 1 heteroatoms. The van der Waals surface area contributed by atoms with E-state index in [1.807, 2.05) is 6.92 Å². The van der Waals surface area contributed by atoms with Crippen molar-refractivity contribution in [3.05, 3.63) is 23.3 Å². The summed E-state index contributed by atoms with van der Waals surface area (Å²) >= 11 is 0. The maximum absolute atomic E-state index is 9.79. The van der Waals surface area contributed by atoms with Crippen LogP contribution >= 0.6 is 0 Å². The minimum absolute atomic E-state index is 0.252. The number of hydrogen-bond acceptors (Lipinski definition) is 1. The van der Waals surface area contributed by atoms with Gasteiger partial charge >= 0.3 is 0 Å². The lowest BCUT2D eigenvalue weighted by Gasteiger charge is -2.34. The summed E-state index contributed by atoms with van der Waals surface area (Å²) in [5.41, 5.74) is 3.69. The van der Waals surface area contributed by atoms with Crippen LogP contribution in [0.4, 0.5) is 0 Å². The van der Waals surface area contributed by atoms with Crippen molar-refractivity contribution in [3.8, 4) is 0 Å². The van der Waals surface area contributed by atoms with Gasteiger partial charge in [0.05, 0.1) is 6.10 Å². The average molecular weight is 180 g/mol. The van der Waals surface area contributed by atoms with Crippen LogP contribution in [0.5, 0.6) is 0 Å². The molecule has 13 heavy (non-hydrogen) atoms. The summed E-state index contributed by atoms with van der Waals surface area (Å²) < 4.78 is 0. The fourth-order valence-corrected chi connectivity index (χ4v) is 2.17. The van der Waals surface area contributed by atoms with Crippen molar-refractivity contribution in [2.24, 2.45) is 11.8 Å². The summed E-state index contributed by atoms with van der Waals surface area (Å²) in [4.78, 5) is 0. The van der Waals surface area contributed by atoms with Crippen LogP contribution in [0.25, 0.3) is 0 Å². The van der Waals surface area contributed by atoms with Crippen molar-refractivity contribution in [1.29, 1.82) is 0 Å². The normalized spacial score (nSPS) is 35.0. The second-order valence-corrected chi connectivity index (χ2v) is 4.36. The molecular weight excluding hydrogens is 160 g/mol. The Balaban J connectivity index is 2.95. The highest BCUT2D eigenvalue weighted by Crippen LogP contribution is 2.37. The van der Waals surface area contributed by atoms with Crippen LogP contribution in [0.1, 0.15) is 34.1 Å². The Morgan fingerprint density at radius 2 is 1.92 bits per heavy atom. The molecule has 0 radical (unpaired) electrons. The first-order chi connectivity index (χ1) is 5.95. The van der Waals surface area contributed by atoms with Gasteiger partial charge in [-0.15, -0.1) is 0 Å². The third kappa shape index (κ3) is 1.86. The van der Waals surface area contributed by atoms with Crippen LogP contribution in [-0.2, 0) is 0 Å². The summed E-state index contributed by atoms with van der Waals surface area (Å²) in [6, 6.07) is 0. The summed E-state index contributed by atoms with van der Waals surface area (Å²) in [5.74, 6) is 1.000. The van der Waals surface area contributed by atoms with Crippen molar-refractivity contribution < 1.29 is 5.11 Å². The van der Waals surface area contributed by atoms with Crippen molar-refractivity contribution in [2.75, 3.05) is 0 Å². The van der Waals surface area contributed by atoms with Crippen molar-refractivity contribution >= 4 is 0 Å². The van der Waals surface area contributed by atoms with Crippen LogP contribution in [0.15, 0.2) is 23.3 Å². The van der Waals surface area contributed by atoms with E-state index in [1.54, 1.807) is 0 Å². The van der Waals surface area contributed by atoms with Crippen LogP contribution in [0, 0.1) is 11.8 Å². The predicted molar refractivity (Wildman–Crippen MR) is 56.5 cm³/mol. The Hall–Kier alpha value is -0.560. The molecule has 0 spiro atoms. The molecule has 0 aromatic carbocycles. The standard InChI is InChI=1S/C12H20O/c1-7(2)11-6-12(13)10(5)8(3)9(11)4/h9,11-13H,1,6H2,2-5H3/t9-,11+,12+/m1/s1. The fraction of sp³-hybridized carbons (Fsp3) is 0.667. The van der Waals surface area contributed by atoms with Gasteiger partial charge in [-0.3, -0.25) is 0 Å². The molecule has 1 aliphatic carbocycles. The van der Waals surface area contributed by atoms with Gasteiger partial charge in [0, 0.05) is 0 Å². The smallest absolute Gasteiger partial charge is 0.0756 e. The first-order valence-corrected chi connectivity index (χ1v) is 4.95. The van der Waals surface area contributed by atoms with Gasteiger partial charge in [-0.1, -0.05) is 24.6 Å². The molecule has 0 bridgehead atoms. The van der Waals surface area contributed by atoms with E-state index in [1.165, 1.54) is 11.1 Å². The van der Waals surface area contributed by atoms with Gasteiger partial charge in [0.25, 0.3) is 0 Å². The summed E-state index contributed by atoms with van der Waals surface area (Å²) in [6.45, 7) is 12.4. The van der Waals surface area contributed by atoms with Crippen LogP contribution < -0.4 is 0 Å². The molecule has 0 saturated heterocycles. The number of allylic oxidation sites excluding steroid dienone is 2. The summed E-state index contributed by atoms with van der Waals surface area (Å²) in [5, 5.41) is 9.79. The van der Waals surface area contributed by atoms with Gasteiger partial charge in [-0.2, -0.15) is 0 Å². The third-order valence-electron chi connectivity index (χ3n) is 3.52. The van der Waals surface area contributed by atoms with E-state index in [0.29, 0.717) is 11.8 Å². The minimum atomic E-state index is -0.252. The molecule has 1 rings (SSSR count). The van der Waals surface area contributed by atoms with Crippen molar-refractivity contribution in [1.82, 2.24) is 0 Å². The number of aliphatic hydroxyl groups excluding tert-OH is 1. The average Bonchev–Trinajstić information content (AvgIpc) is 2.07. The summed E-state index contributed by atoms with van der Waals surface area (Å²) in [7, 11) is 0. The van der Waals surface area contributed by atoms with E-state index < -0.39 is 0 Å². The first-order valence-electron chi connectivity index (χ1n) is 4.95. The number of hydrogen-bond donors (Lipinski definition) is 1. The van der Waals surface area contributed by atoms with E-state index in [9.17, 15) is 5.11 Å². The van der Waals surface area contributed by atoms with E-state index in [4.69, 9.17) is 0 Å². The van der Waals surface area contributed by atoms with Gasteiger partial charge in [0.1, 0.15) is 0 Å². The Kier molecular flexibility index (Phi) is 2.97. The lowest BCUT2D eigenvalue weighted by molar-refractivity contribution is 0.156. The highest BCUT2D eigenvalue weighted by molar-refractivity contribution is 5.24. The topological polar surface area (TPSA) is 20.2 Å². The Morgan fingerprint density at radius 3 is 2.38 bits per heavy atom. The van der Waals surface area contributed by atoms with E-state index >= 15 is 0 Å². The van der Waals surface area contributed by atoms with E-state index in [2.05, 4.69) is 27.4 Å². The van der Waals surface area contributed by atoms with Gasteiger partial charge in [0.15, 0.2) is 0 Å². The van der Waals surface area contributed by atoms with E-state index in [0.717, 1.165) is 12.0 Å². The Bertz CT molecular complexity index is 250. The molecule has 1 nitrogen and oxygen atoms in total. The molecule has 0 amide bonds. The molecule has 0 heterocycles. The van der Waals surface area contributed by atoms with Crippen molar-refractivity contribution in [2.45, 2.75) is 40.2 Å². The van der Waals surface area contributed by atoms with Crippen molar-refractivity contribution in [3.63, 3.8) is 0 Å². The van der Waals surface area contributed by atoms with Crippen LogP contribution in [-0.4, -0.2) is 11.2 Å². The molecule has 0 unspecified atom stereocenters. The van der Waals surface area contributed by atoms with Gasteiger partial charge in [0.2, 0.25) is 0 Å². The second-order valence-electron chi connectivity index (χ2n) is 4.36. The molecular formula is C12H20O. The molecule has 3 atom stereocenters. The van der Waals surface area contributed by atoms with Gasteiger partial charge in [-0.25, -0.2) is 0 Å². The zero-order chi connectivity index (χ0) is 10.2. The van der Waals surface area contributed by atoms with Crippen LogP contribution in [0.2, 0.25) is 0 Å². The molecule has 74 valence electrons. The highest BCUT2D eigenvalue weighted by atomic mass is 16.3. The predicted octanol–water partition coefficient (Wildman–Crippen LogP) is 2.92. The Labute approximate surface area is 81.2 Å². The SMILES string of the molecule is C=C(C)[C@@H]1C[C@H](O)C(C)=C(C)[C@H]1C. The zero-order valence-corrected chi connectivity index (χ0v) is 9.09. The third-order valence-corrected chi connectivity index (χ3v) is 3.52. The quantitative estimate of drug-likeness (QED) is 0.615. The molecule has 0 saturated carbocycles. The zero-order valence-electron chi connectivity index (χ0n) is 9.09. The number of rotatable bonds is 1. The molecule has 1 N–H and O–H groups in total. The lowest BCUT2D eigenvalue weighted by atomic mass is 9.73. The van der Waals surface area contributed by atoms with Gasteiger partial charge in [-0.05, 0) is 44.6 Å². The fourth-order valence-electron chi connectivity index (χ4n) is 2.17. The number of aliphatic hydroxyl groups is 1. The molecule has 0 aliphatic heterocycles. The molecule has 0 fully saturated rings. The Morgan fingerprint density at radius 1 is 1.38 bits per heavy atom. The molecule has 0 aromatic heterocycles.